The van der Waals surface area contributed by atoms with Gasteiger partial charge in [0, 0.05) is 5.88 Å². The lowest BCUT2D eigenvalue weighted by Gasteiger charge is -2.01. The molecule has 0 aliphatic rings. The molecule has 0 fully saturated rings. The molecule has 1 rings (SSSR count). The molecule has 0 bridgehead atoms. The molecule has 0 saturated carbocycles. The van der Waals surface area contributed by atoms with Crippen LogP contribution in [0.3, 0.4) is 0 Å². The number of hydrogen-bond donors (Lipinski definition) is 0. The molecule has 0 unspecified atom stereocenters. The van der Waals surface area contributed by atoms with Crippen LogP contribution in [-0.2, 0) is 0 Å². The minimum Gasteiger partial charge on any atom is -0.122 e. The van der Waals surface area contributed by atoms with Crippen molar-refractivity contribution >= 4 is 17.7 Å². The second kappa shape index (κ2) is 4.48. The van der Waals surface area contributed by atoms with E-state index in [-0.39, 0.29) is 0 Å². The largest absolute Gasteiger partial charge is 0.122 e. The highest BCUT2D eigenvalue weighted by molar-refractivity contribution is 6.19. The Morgan fingerprint density at radius 2 is 1.77 bits per heavy atom. The van der Waals surface area contributed by atoms with E-state index in [2.05, 4.69) is 38.1 Å². The SMILES string of the molecule is C/C(=C/c1cc(C)cc(C)c1)CCl. The minimum absolute atomic E-state index is 0.604. The van der Waals surface area contributed by atoms with Gasteiger partial charge in [0.1, 0.15) is 0 Å². The molecule has 0 aliphatic carbocycles. The number of benzene rings is 1. The Morgan fingerprint density at radius 3 is 2.23 bits per heavy atom. The third-order valence-corrected chi connectivity index (χ3v) is 2.29. The lowest BCUT2D eigenvalue weighted by Crippen LogP contribution is -1.82. The molecule has 0 heterocycles. The van der Waals surface area contributed by atoms with Gasteiger partial charge in [-0.25, -0.2) is 0 Å². The van der Waals surface area contributed by atoms with Crippen LogP contribution < -0.4 is 0 Å². The first kappa shape index (κ1) is 10.3. The minimum atomic E-state index is 0.604. The van der Waals surface area contributed by atoms with Crippen molar-refractivity contribution < 1.29 is 0 Å². The lowest BCUT2D eigenvalue weighted by atomic mass is 10.1. The molecule has 1 heteroatoms. The summed E-state index contributed by atoms with van der Waals surface area (Å²) in [4.78, 5) is 0. The first-order valence-corrected chi connectivity index (χ1v) is 4.96. The van der Waals surface area contributed by atoms with Gasteiger partial charge >= 0.3 is 0 Å². The smallest absolute Gasteiger partial charge is 0.0434 e. The summed E-state index contributed by atoms with van der Waals surface area (Å²) in [5.41, 5.74) is 5.05. The van der Waals surface area contributed by atoms with Gasteiger partial charge in [-0.3, -0.25) is 0 Å². The molecule has 0 amide bonds. The van der Waals surface area contributed by atoms with Crippen molar-refractivity contribution in [3.05, 3.63) is 40.5 Å². The summed E-state index contributed by atoms with van der Waals surface area (Å²) in [6.07, 6.45) is 2.13. The molecule has 0 atom stereocenters. The van der Waals surface area contributed by atoms with E-state index in [1.165, 1.54) is 22.3 Å². The fraction of sp³-hybridized carbons (Fsp3) is 0.333. The molecular formula is C12H15Cl. The van der Waals surface area contributed by atoms with Crippen molar-refractivity contribution in [2.45, 2.75) is 20.8 Å². The monoisotopic (exact) mass is 194 g/mol. The van der Waals surface area contributed by atoms with E-state index >= 15 is 0 Å². The van der Waals surface area contributed by atoms with Gasteiger partial charge in [-0.1, -0.05) is 41.0 Å². The van der Waals surface area contributed by atoms with Crippen LogP contribution in [0.4, 0.5) is 0 Å². The number of aryl methyl sites for hydroxylation is 2. The summed E-state index contributed by atoms with van der Waals surface area (Å²) in [7, 11) is 0. The average Bonchev–Trinajstić information content (AvgIpc) is 2.02. The third kappa shape index (κ3) is 3.23. The lowest BCUT2D eigenvalue weighted by molar-refractivity contribution is 1.36. The van der Waals surface area contributed by atoms with Crippen molar-refractivity contribution in [1.29, 1.82) is 0 Å². The van der Waals surface area contributed by atoms with E-state index in [9.17, 15) is 0 Å². The predicted octanol–water partition coefficient (Wildman–Crippen LogP) is 3.95. The van der Waals surface area contributed by atoms with Gasteiger partial charge in [0.05, 0.1) is 0 Å². The van der Waals surface area contributed by atoms with Crippen molar-refractivity contribution in [3.63, 3.8) is 0 Å². The van der Waals surface area contributed by atoms with Crippen molar-refractivity contribution in [3.8, 4) is 0 Å². The van der Waals surface area contributed by atoms with E-state index in [4.69, 9.17) is 11.6 Å². The zero-order valence-corrected chi connectivity index (χ0v) is 9.15. The maximum atomic E-state index is 5.71. The first-order chi connectivity index (χ1) is 6.11. The normalized spacial score (nSPS) is 11.8. The van der Waals surface area contributed by atoms with Crippen LogP contribution in [0.25, 0.3) is 6.08 Å². The highest BCUT2D eigenvalue weighted by Crippen LogP contribution is 2.12. The zero-order valence-electron chi connectivity index (χ0n) is 8.39. The second-order valence-electron chi connectivity index (χ2n) is 3.55. The van der Waals surface area contributed by atoms with E-state index < -0.39 is 0 Å². The molecule has 0 aliphatic heterocycles. The van der Waals surface area contributed by atoms with E-state index in [0.29, 0.717) is 5.88 Å². The van der Waals surface area contributed by atoms with Gasteiger partial charge in [-0.15, -0.1) is 11.6 Å². The molecule has 1 aromatic rings. The van der Waals surface area contributed by atoms with Crippen LogP contribution in [0.1, 0.15) is 23.6 Å². The van der Waals surface area contributed by atoms with Crippen molar-refractivity contribution in [2.75, 3.05) is 5.88 Å². The summed E-state index contributed by atoms with van der Waals surface area (Å²) in [6, 6.07) is 6.51. The maximum Gasteiger partial charge on any atom is 0.0434 e. The fourth-order valence-electron chi connectivity index (χ4n) is 1.42. The van der Waals surface area contributed by atoms with Gasteiger partial charge in [-0.2, -0.15) is 0 Å². The third-order valence-electron chi connectivity index (χ3n) is 1.87. The van der Waals surface area contributed by atoms with Gasteiger partial charge < -0.3 is 0 Å². The Hall–Kier alpha value is -0.750. The number of rotatable bonds is 2. The molecule has 0 spiro atoms. The van der Waals surface area contributed by atoms with Crippen molar-refractivity contribution in [2.24, 2.45) is 0 Å². The Bertz CT molecular complexity index is 304. The van der Waals surface area contributed by atoms with Gasteiger partial charge in [-0.05, 0) is 26.3 Å². The Balaban J connectivity index is 3.02. The maximum absolute atomic E-state index is 5.71. The number of hydrogen-bond acceptors (Lipinski definition) is 0. The first-order valence-electron chi connectivity index (χ1n) is 4.43. The second-order valence-corrected chi connectivity index (χ2v) is 3.81. The van der Waals surface area contributed by atoms with Crippen LogP contribution in [0, 0.1) is 13.8 Å². The van der Waals surface area contributed by atoms with Gasteiger partial charge in [0.25, 0.3) is 0 Å². The molecule has 0 nitrogen and oxygen atoms in total. The molecule has 70 valence electrons. The standard InChI is InChI=1S/C12H15Cl/c1-9-4-10(2)6-12(5-9)7-11(3)8-13/h4-7H,8H2,1-3H3/b11-7-. The average molecular weight is 195 g/mol. The molecule has 13 heavy (non-hydrogen) atoms. The molecule has 0 aromatic heterocycles. The summed E-state index contributed by atoms with van der Waals surface area (Å²) in [5, 5.41) is 0. The quantitative estimate of drug-likeness (QED) is 0.626. The Kier molecular flexibility index (Phi) is 3.56. The van der Waals surface area contributed by atoms with Crippen LogP contribution in [0.5, 0.6) is 0 Å². The molecule has 0 N–H and O–H groups in total. The van der Waals surface area contributed by atoms with E-state index in [1.807, 2.05) is 6.92 Å². The highest BCUT2D eigenvalue weighted by Gasteiger charge is 1.93. The molecular weight excluding hydrogens is 180 g/mol. The Morgan fingerprint density at radius 1 is 1.23 bits per heavy atom. The molecule has 0 saturated heterocycles. The summed E-state index contributed by atoms with van der Waals surface area (Å²) in [6.45, 7) is 6.27. The number of halogens is 1. The summed E-state index contributed by atoms with van der Waals surface area (Å²) < 4.78 is 0. The van der Waals surface area contributed by atoms with Crippen LogP contribution >= 0.6 is 11.6 Å². The van der Waals surface area contributed by atoms with Gasteiger partial charge in [0.2, 0.25) is 0 Å². The zero-order chi connectivity index (χ0) is 9.84. The number of alkyl halides is 1. The summed E-state index contributed by atoms with van der Waals surface area (Å²) in [5.74, 6) is 0.604. The predicted molar refractivity (Wildman–Crippen MR) is 60.3 cm³/mol. The van der Waals surface area contributed by atoms with Crippen LogP contribution in [0.15, 0.2) is 23.8 Å². The number of allylic oxidation sites excluding steroid dienone is 1. The van der Waals surface area contributed by atoms with Gasteiger partial charge in [0.15, 0.2) is 0 Å². The highest BCUT2D eigenvalue weighted by atomic mass is 35.5. The van der Waals surface area contributed by atoms with Crippen LogP contribution in [-0.4, -0.2) is 5.88 Å². The molecule has 0 radical (unpaired) electrons. The van der Waals surface area contributed by atoms with E-state index in [1.54, 1.807) is 0 Å². The molecule has 1 aromatic carbocycles. The van der Waals surface area contributed by atoms with E-state index in [0.717, 1.165) is 0 Å². The van der Waals surface area contributed by atoms with Crippen molar-refractivity contribution in [1.82, 2.24) is 0 Å². The Labute approximate surface area is 85.2 Å². The fourth-order valence-corrected chi connectivity index (χ4v) is 1.49. The van der Waals surface area contributed by atoms with Crippen LogP contribution in [0.2, 0.25) is 0 Å². The topological polar surface area (TPSA) is 0 Å². The summed E-state index contributed by atoms with van der Waals surface area (Å²) >= 11 is 5.71.